The average molecular weight is 1110 g/mol. The largest absolute Gasteiger partial charge is 0.344 e. The summed E-state index contributed by atoms with van der Waals surface area (Å²) in [6.07, 6.45) is 7.07. The van der Waals surface area contributed by atoms with Crippen LogP contribution in [-0.4, -0.2) is 123 Å². The van der Waals surface area contributed by atoms with E-state index in [1.54, 1.807) is 20.2 Å². The van der Waals surface area contributed by atoms with E-state index in [9.17, 15) is 46.8 Å². The third kappa shape index (κ3) is 19.7. The van der Waals surface area contributed by atoms with Crippen LogP contribution in [0.25, 0.3) is 0 Å². The number of likely N-dealkylation sites (N-methyl/N-ethyl adjacent to an activating group) is 2. The van der Waals surface area contributed by atoms with Crippen molar-refractivity contribution in [1.29, 1.82) is 0 Å². The molecule has 0 aromatic heterocycles. The number of carbonyl (C=O) groups is 8. The van der Waals surface area contributed by atoms with Crippen LogP contribution in [0.2, 0.25) is 0 Å². The van der Waals surface area contributed by atoms with Crippen LogP contribution in [0.5, 0.6) is 0 Å². The maximum Gasteiger partial charge on any atom is 0.260 e. The van der Waals surface area contributed by atoms with E-state index in [2.05, 4.69) is 31.3 Å². The smallest absolute Gasteiger partial charge is 0.260 e. The fourth-order valence-corrected chi connectivity index (χ4v) is 10.4. The molecule has 0 bridgehead atoms. The summed E-state index contributed by atoms with van der Waals surface area (Å²) in [5.74, 6) is -4.68. The van der Waals surface area contributed by atoms with Gasteiger partial charge >= 0.3 is 0 Å². The molecule has 3 aromatic rings. The second-order valence-electron chi connectivity index (χ2n) is 22.2. The van der Waals surface area contributed by atoms with Gasteiger partial charge in [-0.05, 0) is 92.8 Å². The Morgan fingerprint density at radius 2 is 1.32 bits per heavy atom. The molecular formula is C59H83N9O10S. The number of nitrogens with zero attached hydrogens (tertiary/aromatic N) is 2. The first-order valence-electron chi connectivity index (χ1n) is 27.0. The zero-order chi connectivity index (χ0) is 58.7. The van der Waals surface area contributed by atoms with Crippen LogP contribution in [0.15, 0.2) is 109 Å². The molecule has 8 amide bonds. The van der Waals surface area contributed by atoms with E-state index in [0.29, 0.717) is 49.9 Å². The zero-order valence-corrected chi connectivity index (χ0v) is 48.3. The molecule has 0 radical (unpaired) electrons. The van der Waals surface area contributed by atoms with Crippen molar-refractivity contribution in [2.24, 2.45) is 17.1 Å². The van der Waals surface area contributed by atoms with Gasteiger partial charge in [0.15, 0.2) is 0 Å². The number of imide groups is 1. The summed E-state index contributed by atoms with van der Waals surface area (Å²) < 4.78 is 29.0. The average Bonchev–Trinajstić information content (AvgIpc) is 3.72. The summed E-state index contributed by atoms with van der Waals surface area (Å²) in [4.78, 5) is 109. The number of amides is 8. The molecule has 20 heteroatoms. The number of sulfonamides is 1. The highest BCUT2D eigenvalue weighted by atomic mass is 32.2. The van der Waals surface area contributed by atoms with Crippen molar-refractivity contribution < 1.29 is 46.8 Å². The van der Waals surface area contributed by atoms with Crippen LogP contribution < -0.4 is 37.0 Å². The summed E-state index contributed by atoms with van der Waals surface area (Å²) in [5.41, 5.74) is 6.77. The molecule has 0 aliphatic carbocycles. The third-order valence-corrected chi connectivity index (χ3v) is 15.2. The molecule has 1 heterocycles. The number of nitrogens with one attached hydrogen (secondary N) is 6. The zero-order valence-electron chi connectivity index (χ0n) is 47.5. The van der Waals surface area contributed by atoms with Crippen molar-refractivity contribution >= 4 is 63.0 Å². The van der Waals surface area contributed by atoms with Crippen molar-refractivity contribution in [2.45, 2.75) is 148 Å². The van der Waals surface area contributed by atoms with Crippen LogP contribution >= 0.6 is 0 Å². The van der Waals surface area contributed by atoms with Gasteiger partial charge in [-0.15, -0.1) is 0 Å². The van der Waals surface area contributed by atoms with Gasteiger partial charge in [0.25, 0.3) is 17.7 Å². The van der Waals surface area contributed by atoms with Gasteiger partial charge in [0.05, 0.1) is 17.8 Å². The van der Waals surface area contributed by atoms with Gasteiger partial charge in [0.1, 0.15) is 18.1 Å². The molecule has 1 aliphatic heterocycles. The van der Waals surface area contributed by atoms with Gasteiger partial charge in [-0.3, -0.25) is 43.3 Å². The van der Waals surface area contributed by atoms with Crippen molar-refractivity contribution in [3.05, 3.63) is 125 Å². The lowest BCUT2D eigenvalue weighted by molar-refractivity contribution is -0.141. The van der Waals surface area contributed by atoms with Gasteiger partial charge in [0, 0.05) is 55.3 Å². The molecule has 8 N–H and O–H groups in total. The highest BCUT2D eigenvalue weighted by molar-refractivity contribution is 7.89. The summed E-state index contributed by atoms with van der Waals surface area (Å²) in [7, 11) is -0.976. The second-order valence-corrected chi connectivity index (χ2v) is 23.9. The second kappa shape index (κ2) is 29.8. The maximum atomic E-state index is 14.4. The number of rotatable bonds is 30. The highest BCUT2D eigenvalue weighted by Gasteiger charge is 2.42. The van der Waals surface area contributed by atoms with Crippen LogP contribution in [0.3, 0.4) is 0 Å². The molecule has 0 saturated carbocycles. The van der Waals surface area contributed by atoms with E-state index in [0.717, 1.165) is 16.0 Å². The van der Waals surface area contributed by atoms with Crippen molar-refractivity contribution in [1.82, 2.24) is 35.8 Å². The van der Waals surface area contributed by atoms with Crippen LogP contribution in [0, 0.1) is 11.3 Å². The first kappa shape index (κ1) is 64.5. The summed E-state index contributed by atoms with van der Waals surface area (Å²) in [6, 6.07) is 20.3. The minimum atomic E-state index is -4.27. The fraction of sp³-hybridized carbons (Fsp3) is 0.492. The molecule has 4 rings (SSSR count). The minimum Gasteiger partial charge on any atom is -0.344 e. The Kier molecular flexibility index (Phi) is 24.3. The summed E-state index contributed by atoms with van der Waals surface area (Å²) in [6.45, 7) is 15.3. The van der Waals surface area contributed by atoms with E-state index in [-0.39, 0.29) is 60.9 Å². The molecule has 19 nitrogen and oxygen atoms in total. The van der Waals surface area contributed by atoms with E-state index in [4.69, 9.17) is 5.73 Å². The Hall–Kier alpha value is -7.03. The normalized spacial score (nSPS) is 14.9. The number of nitrogens with two attached hydrogens (primary N) is 1. The van der Waals surface area contributed by atoms with Gasteiger partial charge in [-0.25, -0.2) is 13.1 Å². The predicted molar refractivity (Wildman–Crippen MR) is 306 cm³/mol. The SMILES string of the molecule is CN[C@H](C(=O)N[C@H](C(=O)N(C)[C@H](C=C(C)C(=O)NS(=O)(=O)Cc1ccc(NC(=O)[C@@H](CCCCN)NC(=O)[C@@H](Cc2ccccc2)NC(=O)CCCCCN2C(=O)C=CC2=O)cc1)C(C)C)C(C)(C)C)C(C)(C)c1ccccc1. The molecular weight excluding hydrogens is 1030 g/mol. The number of hydrogen-bond acceptors (Lipinski definition) is 12. The first-order chi connectivity index (χ1) is 37.2. The highest BCUT2D eigenvalue weighted by Crippen LogP contribution is 2.29. The Balaban J connectivity index is 1.39. The predicted octanol–water partition coefficient (Wildman–Crippen LogP) is 4.92. The molecule has 1 aliphatic rings. The van der Waals surface area contributed by atoms with Gasteiger partial charge in [-0.1, -0.05) is 134 Å². The standard InChI is InChI=1S/C59H83N9O10S/c1-39(2)47(67(10)57(76)52(58(4,5)6)65-56(75)51(61-9)59(7,8)43-24-16-12-17-25-43)36-40(3)53(72)66-79(77,78)38-42-28-30-44(31-29-42)62-54(73)45(26-19-20-34-60)64-55(74)46(37-41-22-14-11-15-23-41)63-48(69)27-18-13-21-35-68-49(70)32-33-50(68)71/h11-12,14-17,22-25,28-33,36,39,45-47,51-52,61H,13,18-21,26-27,34-35,37-38,60H2,1-10H3,(H,62,73)(H,63,69)(H,64,74)(H,65,75)(H,66,72)/t45-,46-,47-,51-,52-/m1/s1. The topological polar surface area (TPSA) is 275 Å². The van der Waals surface area contributed by atoms with Crippen LogP contribution in [0.4, 0.5) is 5.69 Å². The molecule has 3 aromatic carbocycles. The number of hydrogen-bond donors (Lipinski definition) is 7. The van der Waals surface area contributed by atoms with E-state index in [1.807, 2.05) is 109 Å². The molecule has 0 unspecified atom stereocenters. The van der Waals surface area contributed by atoms with E-state index < -0.39 is 80.4 Å². The molecule has 0 saturated heterocycles. The fourth-order valence-electron chi connectivity index (χ4n) is 9.30. The van der Waals surface area contributed by atoms with E-state index >= 15 is 0 Å². The molecule has 430 valence electrons. The quantitative estimate of drug-likeness (QED) is 0.0266. The Bertz CT molecular complexity index is 2740. The molecule has 0 spiro atoms. The van der Waals surface area contributed by atoms with Gasteiger partial charge in [0.2, 0.25) is 39.6 Å². The Morgan fingerprint density at radius 1 is 0.709 bits per heavy atom. The van der Waals surface area contributed by atoms with E-state index in [1.165, 1.54) is 48.2 Å². The monoisotopic (exact) mass is 1110 g/mol. The minimum absolute atomic E-state index is 0.0517. The van der Waals surface area contributed by atoms with Crippen molar-refractivity contribution in [2.75, 3.05) is 32.5 Å². The number of anilines is 1. The Morgan fingerprint density at radius 3 is 1.89 bits per heavy atom. The number of carbonyl (C=O) groups excluding carboxylic acids is 8. The number of unbranched alkanes of at least 4 members (excludes halogenated alkanes) is 3. The molecule has 79 heavy (non-hydrogen) atoms. The molecule has 5 atom stereocenters. The van der Waals surface area contributed by atoms with Crippen molar-refractivity contribution in [3.8, 4) is 0 Å². The molecule has 0 fully saturated rings. The lowest BCUT2D eigenvalue weighted by Crippen LogP contribution is -2.61. The lowest BCUT2D eigenvalue weighted by Gasteiger charge is -2.40. The Labute approximate surface area is 466 Å². The summed E-state index contributed by atoms with van der Waals surface area (Å²) in [5, 5.41) is 14.6. The lowest BCUT2D eigenvalue weighted by atomic mass is 9.76. The van der Waals surface area contributed by atoms with Crippen LogP contribution in [-0.2, 0) is 66.0 Å². The summed E-state index contributed by atoms with van der Waals surface area (Å²) >= 11 is 0. The van der Waals surface area contributed by atoms with Gasteiger partial charge < -0.3 is 37.2 Å². The third-order valence-electron chi connectivity index (χ3n) is 14.0. The van der Waals surface area contributed by atoms with Gasteiger partial charge in [-0.2, -0.15) is 0 Å². The van der Waals surface area contributed by atoms with Crippen LogP contribution in [0.1, 0.15) is 117 Å². The van der Waals surface area contributed by atoms with Crippen molar-refractivity contribution in [3.63, 3.8) is 0 Å². The first-order valence-corrected chi connectivity index (χ1v) is 28.6. The maximum absolute atomic E-state index is 14.4. The number of benzene rings is 3.